The fourth-order valence-electron chi connectivity index (χ4n) is 2.95. The molecule has 0 aliphatic rings. The zero-order valence-corrected chi connectivity index (χ0v) is 16.4. The van der Waals surface area contributed by atoms with Crippen molar-refractivity contribution in [2.45, 2.75) is 65.2 Å². The monoisotopic (exact) mass is 358 g/mol. The van der Waals surface area contributed by atoms with Crippen molar-refractivity contribution in [3.8, 4) is 16.9 Å². The molecule has 0 bridgehead atoms. The van der Waals surface area contributed by atoms with E-state index in [1.54, 1.807) is 0 Å². The minimum absolute atomic E-state index is 0.692. The third kappa shape index (κ3) is 6.74. The van der Waals surface area contributed by atoms with E-state index < -0.39 is 0 Å². The highest BCUT2D eigenvalue weighted by Gasteiger charge is 2.05. The molecule has 0 heterocycles. The number of rotatable bonds is 11. The molecule has 0 fully saturated rings. The molecule has 0 saturated heterocycles. The Labute approximate surface area is 158 Å². The summed E-state index contributed by atoms with van der Waals surface area (Å²) in [6, 6.07) is 15.0. The van der Waals surface area contributed by atoms with Crippen LogP contribution in [0.2, 0.25) is 5.02 Å². The maximum Gasteiger partial charge on any atom is 0.137 e. The Bertz CT molecular complexity index is 618. The second-order valence-electron chi connectivity index (χ2n) is 6.71. The number of aryl methyl sites for hydroxylation is 1. The Kier molecular flexibility index (Phi) is 8.90. The normalized spacial score (nSPS) is 10.8. The Balaban J connectivity index is 1.93. The average Bonchev–Trinajstić information content (AvgIpc) is 2.64. The molecule has 0 saturated carbocycles. The van der Waals surface area contributed by atoms with Gasteiger partial charge in [0, 0.05) is 0 Å². The second-order valence-corrected chi connectivity index (χ2v) is 7.12. The van der Waals surface area contributed by atoms with Gasteiger partial charge in [-0.2, -0.15) is 0 Å². The van der Waals surface area contributed by atoms with Gasteiger partial charge in [-0.15, -0.1) is 0 Å². The molecule has 0 unspecified atom stereocenters. The molecule has 25 heavy (non-hydrogen) atoms. The Morgan fingerprint density at radius 3 is 2.12 bits per heavy atom. The van der Waals surface area contributed by atoms with E-state index in [1.165, 1.54) is 56.1 Å². The minimum atomic E-state index is 0.692. The molecular weight excluding hydrogens is 328 g/mol. The molecule has 1 nitrogen and oxygen atoms in total. The number of unbranched alkanes of at least 4 members (excludes halogenated alkanes) is 5. The van der Waals surface area contributed by atoms with Gasteiger partial charge in [0.05, 0.1) is 11.6 Å². The first-order valence-electron chi connectivity index (χ1n) is 9.76. The van der Waals surface area contributed by atoms with E-state index in [0.29, 0.717) is 5.02 Å². The molecule has 0 spiro atoms. The van der Waals surface area contributed by atoms with Crippen LogP contribution in [0, 0.1) is 0 Å². The van der Waals surface area contributed by atoms with Crippen LogP contribution in [0.1, 0.15) is 64.4 Å². The predicted octanol–water partition coefficient (Wildman–Crippen LogP) is 7.70. The van der Waals surface area contributed by atoms with E-state index in [4.69, 9.17) is 16.3 Å². The van der Waals surface area contributed by atoms with Gasteiger partial charge in [-0.25, -0.2) is 0 Å². The van der Waals surface area contributed by atoms with Crippen LogP contribution in [0.15, 0.2) is 42.5 Å². The summed E-state index contributed by atoms with van der Waals surface area (Å²) in [5.74, 6) is 0.786. The summed E-state index contributed by atoms with van der Waals surface area (Å²) in [6.45, 7) is 5.18. The number of benzene rings is 2. The fourth-order valence-corrected chi connectivity index (χ4v) is 3.19. The van der Waals surface area contributed by atoms with E-state index in [0.717, 1.165) is 24.3 Å². The van der Waals surface area contributed by atoms with Gasteiger partial charge in [-0.05, 0) is 48.1 Å². The molecule has 0 N–H and O–H groups in total. The SMILES string of the molecule is CCCCCCc1ccc(-c2ccc(OCCCCC)c(Cl)c2)cc1. The lowest BCUT2D eigenvalue weighted by Gasteiger charge is -2.10. The van der Waals surface area contributed by atoms with Gasteiger partial charge in [-0.1, -0.05) is 87.9 Å². The topological polar surface area (TPSA) is 9.23 Å². The second kappa shape index (κ2) is 11.2. The predicted molar refractivity (Wildman–Crippen MR) is 110 cm³/mol. The lowest BCUT2D eigenvalue weighted by atomic mass is 10.0. The zero-order valence-electron chi connectivity index (χ0n) is 15.7. The largest absolute Gasteiger partial charge is 0.492 e. The molecule has 0 amide bonds. The van der Waals surface area contributed by atoms with E-state index in [1.807, 2.05) is 12.1 Å². The summed E-state index contributed by atoms with van der Waals surface area (Å²) in [7, 11) is 0. The third-order valence-corrected chi connectivity index (χ3v) is 4.84. The third-order valence-electron chi connectivity index (χ3n) is 4.54. The van der Waals surface area contributed by atoms with Crippen LogP contribution in [0.4, 0.5) is 0 Å². The van der Waals surface area contributed by atoms with Crippen molar-refractivity contribution in [1.29, 1.82) is 0 Å². The Hall–Kier alpha value is -1.47. The van der Waals surface area contributed by atoms with E-state index >= 15 is 0 Å². The molecule has 136 valence electrons. The molecule has 2 heteroatoms. The van der Waals surface area contributed by atoms with E-state index in [9.17, 15) is 0 Å². The first kappa shape index (κ1) is 19.8. The lowest BCUT2D eigenvalue weighted by molar-refractivity contribution is 0.306. The van der Waals surface area contributed by atoms with Gasteiger partial charge in [0.2, 0.25) is 0 Å². The van der Waals surface area contributed by atoms with Gasteiger partial charge in [0.25, 0.3) is 0 Å². The van der Waals surface area contributed by atoms with Crippen LogP contribution in [0.3, 0.4) is 0 Å². The molecule has 0 atom stereocenters. The van der Waals surface area contributed by atoms with Gasteiger partial charge < -0.3 is 4.74 Å². The van der Waals surface area contributed by atoms with Crippen LogP contribution in [-0.2, 0) is 6.42 Å². The molecule has 0 aromatic heterocycles. The number of hydrogen-bond donors (Lipinski definition) is 0. The highest BCUT2D eigenvalue weighted by Crippen LogP contribution is 2.30. The summed E-state index contributed by atoms with van der Waals surface area (Å²) in [4.78, 5) is 0. The highest BCUT2D eigenvalue weighted by atomic mass is 35.5. The number of halogens is 1. The minimum Gasteiger partial charge on any atom is -0.492 e. The standard InChI is InChI=1S/C23H31ClO/c1-3-5-7-8-10-19-11-13-20(14-12-19)21-15-16-23(22(24)18-21)25-17-9-6-4-2/h11-16,18H,3-10,17H2,1-2H3. The van der Waals surface area contributed by atoms with E-state index in [-0.39, 0.29) is 0 Å². The van der Waals surface area contributed by atoms with Crippen molar-refractivity contribution in [3.05, 3.63) is 53.1 Å². The smallest absolute Gasteiger partial charge is 0.137 e. The van der Waals surface area contributed by atoms with Crippen molar-refractivity contribution in [2.75, 3.05) is 6.61 Å². The van der Waals surface area contributed by atoms with Crippen LogP contribution >= 0.6 is 11.6 Å². The van der Waals surface area contributed by atoms with Gasteiger partial charge in [-0.3, -0.25) is 0 Å². The maximum atomic E-state index is 6.40. The summed E-state index contributed by atoms with van der Waals surface area (Å²) in [6.07, 6.45) is 9.88. The molecule has 2 aromatic rings. The first-order chi connectivity index (χ1) is 12.2. The van der Waals surface area contributed by atoms with Gasteiger partial charge >= 0.3 is 0 Å². The van der Waals surface area contributed by atoms with Crippen molar-refractivity contribution in [1.82, 2.24) is 0 Å². The summed E-state index contributed by atoms with van der Waals surface area (Å²) in [5, 5.41) is 0.692. The summed E-state index contributed by atoms with van der Waals surface area (Å²) >= 11 is 6.40. The van der Waals surface area contributed by atoms with Crippen molar-refractivity contribution < 1.29 is 4.74 Å². The molecular formula is C23H31ClO. The fraction of sp³-hybridized carbons (Fsp3) is 0.478. The van der Waals surface area contributed by atoms with Crippen molar-refractivity contribution in [3.63, 3.8) is 0 Å². The van der Waals surface area contributed by atoms with Crippen molar-refractivity contribution >= 4 is 11.6 Å². The van der Waals surface area contributed by atoms with Crippen LogP contribution in [0.5, 0.6) is 5.75 Å². The molecule has 2 aromatic carbocycles. The zero-order chi connectivity index (χ0) is 17.9. The molecule has 0 aliphatic heterocycles. The number of hydrogen-bond acceptors (Lipinski definition) is 1. The summed E-state index contributed by atoms with van der Waals surface area (Å²) < 4.78 is 5.78. The number of ether oxygens (including phenoxy) is 1. The van der Waals surface area contributed by atoms with Crippen molar-refractivity contribution in [2.24, 2.45) is 0 Å². The molecule has 2 rings (SSSR count). The van der Waals surface area contributed by atoms with Crippen LogP contribution in [0.25, 0.3) is 11.1 Å². The Morgan fingerprint density at radius 2 is 1.44 bits per heavy atom. The van der Waals surface area contributed by atoms with Crippen LogP contribution in [-0.4, -0.2) is 6.61 Å². The van der Waals surface area contributed by atoms with Gasteiger partial charge in [0.15, 0.2) is 0 Å². The summed E-state index contributed by atoms with van der Waals surface area (Å²) in [5.41, 5.74) is 3.77. The van der Waals surface area contributed by atoms with Gasteiger partial charge in [0.1, 0.15) is 5.75 Å². The Morgan fingerprint density at radius 1 is 0.760 bits per heavy atom. The van der Waals surface area contributed by atoms with Crippen LogP contribution < -0.4 is 4.74 Å². The lowest BCUT2D eigenvalue weighted by Crippen LogP contribution is -1.97. The molecule has 0 aliphatic carbocycles. The average molecular weight is 359 g/mol. The maximum absolute atomic E-state index is 6.40. The highest BCUT2D eigenvalue weighted by molar-refractivity contribution is 6.32. The first-order valence-corrected chi connectivity index (χ1v) is 10.1. The molecule has 0 radical (unpaired) electrons. The van der Waals surface area contributed by atoms with E-state index in [2.05, 4.69) is 44.2 Å². The quantitative estimate of drug-likeness (QED) is 0.374.